The van der Waals surface area contributed by atoms with E-state index in [0.717, 1.165) is 5.82 Å². The summed E-state index contributed by atoms with van der Waals surface area (Å²) in [6, 6.07) is 2.85. The fourth-order valence-electron chi connectivity index (χ4n) is 1.98. The maximum atomic E-state index is 13.9. The third-order valence-corrected chi connectivity index (χ3v) is 3.08. The van der Waals surface area contributed by atoms with Crippen molar-refractivity contribution in [1.29, 1.82) is 0 Å². The molecule has 106 valence electrons. The zero-order valence-electron chi connectivity index (χ0n) is 11.5. The molecule has 2 rings (SSSR count). The molecule has 1 aromatic carbocycles. The van der Waals surface area contributed by atoms with Crippen LogP contribution in [0.4, 0.5) is 10.1 Å². The molecule has 0 aliphatic rings. The van der Waals surface area contributed by atoms with Gasteiger partial charge in [-0.1, -0.05) is 0 Å². The highest BCUT2D eigenvalue weighted by Gasteiger charge is 2.14. The van der Waals surface area contributed by atoms with Crippen molar-refractivity contribution in [1.82, 2.24) is 14.9 Å². The number of hydrogen-bond donors (Lipinski definition) is 2. The molecule has 0 unspecified atom stereocenters. The Kier molecular flexibility index (Phi) is 4.02. The summed E-state index contributed by atoms with van der Waals surface area (Å²) in [5, 5.41) is 2.67. The number of imidazole rings is 1. The highest BCUT2D eigenvalue weighted by Crippen LogP contribution is 2.16. The van der Waals surface area contributed by atoms with Gasteiger partial charge in [-0.3, -0.25) is 4.79 Å². The van der Waals surface area contributed by atoms with Crippen molar-refractivity contribution in [3.05, 3.63) is 47.3 Å². The van der Waals surface area contributed by atoms with Gasteiger partial charge in [0, 0.05) is 38.1 Å². The summed E-state index contributed by atoms with van der Waals surface area (Å²) in [4.78, 5) is 16.1. The molecule has 3 N–H and O–H groups in total. The minimum atomic E-state index is -0.534. The van der Waals surface area contributed by atoms with E-state index in [4.69, 9.17) is 5.73 Å². The van der Waals surface area contributed by atoms with Crippen LogP contribution in [0, 0.1) is 12.7 Å². The van der Waals surface area contributed by atoms with Crippen LogP contribution in [0.25, 0.3) is 0 Å². The number of aromatic nitrogens is 2. The van der Waals surface area contributed by atoms with Gasteiger partial charge in [-0.15, -0.1) is 0 Å². The van der Waals surface area contributed by atoms with Crippen LogP contribution >= 0.6 is 0 Å². The number of rotatable bonds is 4. The van der Waals surface area contributed by atoms with Crippen LogP contribution in [0.2, 0.25) is 0 Å². The average molecular weight is 276 g/mol. The van der Waals surface area contributed by atoms with E-state index in [-0.39, 0.29) is 5.56 Å². The molecule has 6 heteroatoms. The Morgan fingerprint density at radius 1 is 1.50 bits per heavy atom. The highest BCUT2D eigenvalue weighted by atomic mass is 19.1. The topological polar surface area (TPSA) is 72.9 Å². The molecule has 0 aliphatic carbocycles. The van der Waals surface area contributed by atoms with E-state index in [1.54, 1.807) is 13.1 Å². The molecule has 0 atom stereocenters. The second kappa shape index (κ2) is 5.73. The van der Waals surface area contributed by atoms with Gasteiger partial charge in [0.25, 0.3) is 5.91 Å². The molecule has 1 heterocycles. The van der Waals surface area contributed by atoms with E-state index >= 15 is 0 Å². The Labute approximate surface area is 116 Å². The first kappa shape index (κ1) is 14.0. The third kappa shape index (κ3) is 2.96. The second-order valence-corrected chi connectivity index (χ2v) is 4.66. The number of nitrogen functional groups attached to an aromatic ring is 1. The summed E-state index contributed by atoms with van der Waals surface area (Å²) in [6.45, 7) is 1.97. The van der Waals surface area contributed by atoms with Crippen LogP contribution in [-0.2, 0) is 13.5 Å². The van der Waals surface area contributed by atoms with E-state index in [1.807, 2.05) is 17.8 Å². The lowest BCUT2D eigenvalue weighted by atomic mass is 10.1. The van der Waals surface area contributed by atoms with Gasteiger partial charge in [-0.25, -0.2) is 9.37 Å². The molecule has 0 radical (unpaired) electrons. The second-order valence-electron chi connectivity index (χ2n) is 4.66. The number of carbonyl (C=O) groups excluding carboxylic acids is 1. The number of benzene rings is 1. The maximum absolute atomic E-state index is 13.9. The molecule has 0 bridgehead atoms. The number of carbonyl (C=O) groups is 1. The summed E-state index contributed by atoms with van der Waals surface area (Å²) in [7, 11) is 1.88. The molecule has 0 saturated carbocycles. The predicted octanol–water partition coefficient (Wildman–Crippen LogP) is 1.42. The lowest BCUT2D eigenvalue weighted by molar-refractivity contribution is 0.0949. The minimum Gasteiger partial charge on any atom is -0.399 e. The summed E-state index contributed by atoms with van der Waals surface area (Å²) < 4.78 is 15.7. The number of nitrogens with two attached hydrogens (primary N) is 1. The van der Waals surface area contributed by atoms with Crippen LogP contribution in [0.15, 0.2) is 24.5 Å². The fraction of sp³-hybridized carbons (Fsp3) is 0.286. The molecule has 0 spiro atoms. The summed E-state index contributed by atoms with van der Waals surface area (Å²) >= 11 is 0. The smallest absolute Gasteiger partial charge is 0.254 e. The first-order valence-electron chi connectivity index (χ1n) is 6.29. The van der Waals surface area contributed by atoms with E-state index in [9.17, 15) is 9.18 Å². The van der Waals surface area contributed by atoms with Crippen molar-refractivity contribution >= 4 is 11.6 Å². The molecule has 5 nitrogen and oxygen atoms in total. The third-order valence-electron chi connectivity index (χ3n) is 3.08. The van der Waals surface area contributed by atoms with Crippen LogP contribution in [-0.4, -0.2) is 22.0 Å². The number of halogens is 1. The molecule has 0 saturated heterocycles. The highest BCUT2D eigenvalue weighted by molar-refractivity contribution is 5.95. The number of nitrogens with zero attached hydrogens (tertiary/aromatic N) is 2. The van der Waals surface area contributed by atoms with Crippen molar-refractivity contribution in [3.63, 3.8) is 0 Å². The Hall–Kier alpha value is -2.37. The number of nitrogens with one attached hydrogen (secondary N) is 1. The van der Waals surface area contributed by atoms with Gasteiger partial charge >= 0.3 is 0 Å². The van der Waals surface area contributed by atoms with Crippen LogP contribution in [0.5, 0.6) is 0 Å². The molecule has 20 heavy (non-hydrogen) atoms. The molecular weight excluding hydrogens is 259 g/mol. The zero-order valence-corrected chi connectivity index (χ0v) is 11.5. The Balaban J connectivity index is 2.01. The molecule has 0 fully saturated rings. The number of aryl methyl sites for hydroxylation is 2. The van der Waals surface area contributed by atoms with Crippen molar-refractivity contribution in [3.8, 4) is 0 Å². The van der Waals surface area contributed by atoms with E-state index in [1.165, 1.54) is 12.1 Å². The lowest BCUT2D eigenvalue weighted by Crippen LogP contribution is -2.27. The van der Waals surface area contributed by atoms with Gasteiger partial charge in [0.05, 0.1) is 5.56 Å². The first-order chi connectivity index (χ1) is 9.49. The predicted molar refractivity (Wildman–Crippen MR) is 74.8 cm³/mol. The van der Waals surface area contributed by atoms with Gasteiger partial charge in [0.15, 0.2) is 0 Å². The number of hydrogen-bond acceptors (Lipinski definition) is 3. The van der Waals surface area contributed by atoms with Gasteiger partial charge < -0.3 is 15.6 Å². The summed E-state index contributed by atoms with van der Waals surface area (Å²) in [6.07, 6.45) is 4.11. The van der Waals surface area contributed by atoms with E-state index < -0.39 is 11.7 Å². The van der Waals surface area contributed by atoms with E-state index in [2.05, 4.69) is 10.3 Å². The van der Waals surface area contributed by atoms with Crippen molar-refractivity contribution in [2.24, 2.45) is 7.05 Å². The monoisotopic (exact) mass is 276 g/mol. The van der Waals surface area contributed by atoms with Gasteiger partial charge in [0.2, 0.25) is 0 Å². The van der Waals surface area contributed by atoms with Gasteiger partial charge in [0.1, 0.15) is 11.6 Å². The Morgan fingerprint density at radius 2 is 2.25 bits per heavy atom. The van der Waals surface area contributed by atoms with Crippen LogP contribution in [0.3, 0.4) is 0 Å². The quantitative estimate of drug-likeness (QED) is 0.830. The molecule has 2 aromatic rings. The number of amides is 1. The average Bonchev–Trinajstić information content (AvgIpc) is 2.79. The lowest BCUT2D eigenvalue weighted by Gasteiger charge is -2.08. The first-order valence-corrected chi connectivity index (χ1v) is 6.29. The fourth-order valence-corrected chi connectivity index (χ4v) is 1.98. The van der Waals surface area contributed by atoms with Crippen LogP contribution < -0.4 is 11.1 Å². The zero-order chi connectivity index (χ0) is 14.7. The van der Waals surface area contributed by atoms with Crippen molar-refractivity contribution in [2.75, 3.05) is 12.3 Å². The minimum absolute atomic E-state index is 0.0256. The summed E-state index contributed by atoms with van der Waals surface area (Å²) in [5.74, 6) is -0.143. The molecule has 1 amide bonds. The van der Waals surface area contributed by atoms with Crippen molar-refractivity contribution in [2.45, 2.75) is 13.3 Å². The molecule has 1 aromatic heterocycles. The van der Waals surface area contributed by atoms with Gasteiger partial charge in [-0.2, -0.15) is 0 Å². The van der Waals surface area contributed by atoms with Crippen LogP contribution in [0.1, 0.15) is 21.7 Å². The normalized spacial score (nSPS) is 10.6. The molecule has 0 aliphatic heterocycles. The Morgan fingerprint density at radius 3 is 2.90 bits per heavy atom. The maximum Gasteiger partial charge on any atom is 0.254 e. The SMILES string of the molecule is Cc1cc(N)cc(C(=O)NCCc2nccn2C)c1F. The van der Waals surface area contributed by atoms with E-state index in [0.29, 0.717) is 24.2 Å². The largest absolute Gasteiger partial charge is 0.399 e. The van der Waals surface area contributed by atoms with Gasteiger partial charge in [-0.05, 0) is 24.6 Å². The standard InChI is InChI=1S/C14H17FN4O/c1-9-7-10(16)8-11(13(9)15)14(20)18-4-3-12-17-5-6-19(12)2/h5-8H,3-4,16H2,1-2H3,(H,18,20). The number of anilines is 1. The Bertz CT molecular complexity index is 636. The van der Waals surface area contributed by atoms with Crippen molar-refractivity contribution < 1.29 is 9.18 Å². The summed E-state index contributed by atoms with van der Waals surface area (Å²) in [5.41, 5.74) is 6.34. The molecular formula is C14H17FN4O.